The zero-order chi connectivity index (χ0) is 13.1. The van der Waals surface area contributed by atoms with Crippen LogP contribution in [0, 0.1) is 0 Å². The van der Waals surface area contributed by atoms with E-state index in [0.717, 1.165) is 29.4 Å². The minimum Gasteiger partial charge on any atom is -0.359 e. The maximum absolute atomic E-state index is 12.0. The van der Waals surface area contributed by atoms with Crippen molar-refractivity contribution in [2.24, 2.45) is 0 Å². The van der Waals surface area contributed by atoms with Gasteiger partial charge in [0.15, 0.2) is 0 Å². The number of hydrogen-bond donors (Lipinski definition) is 3. The van der Waals surface area contributed by atoms with Gasteiger partial charge in [-0.3, -0.25) is 4.98 Å². The van der Waals surface area contributed by atoms with Crippen LogP contribution in [-0.2, 0) is 0 Å². The molecule has 19 heavy (non-hydrogen) atoms. The molecule has 100 valence electrons. The number of carbonyl (C=O) groups is 1. The third kappa shape index (κ3) is 2.70. The Hall–Kier alpha value is -2.04. The largest absolute Gasteiger partial charge is 0.359 e. The number of nitrogens with zero attached hydrogens (tertiary/aromatic N) is 1. The number of urea groups is 1. The molecule has 2 aromatic rings. The van der Waals surface area contributed by atoms with Gasteiger partial charge in [0.25, 0.3) is 0 Å². The zero-order valence-corrected chi connectivity index (χ0v) is 10.8. The van der Waals surface area contributed by atoms with Gasteiger partial charge in [0.2, 0.25) is 0 Å². The molecular formula is C14H18N4O. The fraction of sp³-hybridized carbons (Fsp3) is 0.429. The topological polar surface area (TPSA) is 69.8 Å². The van der Waals surface area contributed by atoms with Crippen LogP contribution in [0.4, 0.5) is 10.5 Å². The summed E-state index contributed by atoms with van der Waals surface area (Å²) in [5.74, 6) is 0. The van der Waals surface area contributed by atoms with E-state index >= 15 is 0 Å². The summed E-state index contributed by atoms with van der Waals surface area (Å²) in [6.07, 6.45) is 11.2. The lowest BCUT2D eigenvalue weighted by Gasteiger charge is -2.22. The molecule has 0 bridgehead atoms. The molecule has 1 aliphatic carbocycles. The Balaban J connectivity index is 1.65. The summed E-state index contributed by atoms with van der Waals surface area (Å²) < 4.78 is 0. The number of fused-ring (bicyclic) bond motifs is 1. The third-order valence-corrected chi connectivity index (χ3v) is 3.67. The van der Waals surface area contributed by atoms with Gasteiger partial charge in [-0.15, -0.1) is 0 Å². The second kappa shape index (κ2) is 5.30. The summed E-state index contributed by atoms with van der Waals surface area (Å²) in [7, 11) is 0. The Morgan fingerprint density at radius 1 is 1.32 bits per heavy atom. The summed E-state index contributed by atoms with van der Waals surface area (Å²) in [6.45, 7) is 0. The molecule has 0 radical (unpaired) electrons. The first-order chi connectivity index (χ1) is 9.33. The lowest BCUT2D eigenvalue weighted by molar-refractivity contribution is 0.244. The number of anilines is 1. The first-order valence-electron chi connectivity index (χ1n) is 6.81. The minimum atomic E-state index is -0.128. The predicted octanol–water partition coefficient (Wildman–Crippen LogP) is 3.02. The Bertz CT molecular complexity index is 572. The van der Waals surface area contributed by atoms with Crippen molar-refractivity contribution in [2.45, 2.75) is 38.1 Å². The number of nitrogens with one attached hydrogen (secondary N) is 3. The van der Waals surface area contributed by atoms with E-state index in [0.29, 0.717) is 6.04 Å². The molecular weight excluding hydrogens is 240 g/mol. The van der Waals surface area contributed by atoms with Crippen molar-refractivity contribution >= 4 is 22.6 Å². The smallest absolute Gasteiger partial charge is 0.319 e. The average molecular weight is 258 g/mol. The van der Waals surface area contributed by atoms with Crippen molar-refractivity contribution in [3.8, 4) is 0 Å². The summed E-state index contributed by atoms with van der Waals surface area (Å²) in [4.78, 5) is 19.2. The van der Waals surface area contributed by atoms with Crippen LogP contribution >= 0.6 is 0 Å². The molecule has 2 amide bonds. The van der Waals surface area contributed by atoms with E-state index in [1.807, 2.05) is 6.07 Å². The maximum atomic E-state index is 12.0. The molecule has 3 N–H and O–H groups in total. The second-order valence-electron chi connectivity index (χ2n) is 5.06. The molecule has 0 saturated heterocycles. The number of amides is 2. The summed E-state index contributed by atoms with van der Waals surface area (Å²) >= 11 is 0. The second-order valence-corrected chi connectivity index (χ2v) is 5.06. The maximum Gasteiger partial charge on any atom is 0.319 e. The highest BCUT2D eigenvalue weighted by atomic mass is 16.2. The Morgan fingerprint density at radius 3 is 3.00 bits per heavy atom. The van der Waals surface area contributed by atoms with E-state index in [9.17, 15) is 4.79 Å². The van der Waals surface area contributed by atoms with Crippen LogP contribution in [0.2, 0.25) is 0 Å². The number of aromatic nitrogens is 2. The molecule has 0 aromatic carbocycles. The van der Waals surface area contributed by atoms with Crippen LogP contribution in [0.15, 0.2) is 24.7 Å². The van der Waals surface area contributed by atoms with Crippen LogP contribution in [0.1, 0.15) is 32.1 Å². The van der Waals surface area contributed by atoms with Crippen LogP contribution in [0.5, 0.6) is 0 Å². The van der Waals surface area contributed by atoms with Crippen molar-refractivity contribution in [3.05, 3.63) is 24.7 Å². The lowest BCUT2D eigenvalue weighted by Crippen LogP contribution is -2.38. The molecule has 0 aliphatic heterocycles. The first kappa shape index (κ1) is 12.0. The van der Waals surface area contributed by atoms with Gasteiger partial charge >= 0.3 is 6.03 Å². The Morgan fingerprint density at radius 2 is 2.16 bits per heavy atom. The fourth-order valence-corrected chi connectivity index (χ4v) is 2.66. The van der Waals surface area contributed by atoms with E-state index in [1.165, 1.54) is 19.3 Å². The molecule has 0 spiro atoms. The van der Waals surface area contributed by atoms with Gasteiger partial charge < -0.3 is 15.6 Å². The van der Waals surface area contributed by atoms with Crippen LogP contribution in [0.25, 0.3) is 10.9 Å². The number of pyridine rings is 1. The highest BCUT2D eigenvalue weighted by molar-refractivity contribution is 6.00. The van der Waals surface area contributed by atoms with Gasteiger partial charge in [0.1, 0.15) is 0 Å². The van der Waals surface area contributed by atoms with Gasteiger partial charge in [-0.25, -0.2) is 4.79 Å². The lowest BCUT2D eigenvalue weighted by atomic mass is 9.96. The van der Waals surface area contributed by atoms with E-state index in [-0.39, 0.29) is 6.03 Å². The molecule has 0 atom stereocenters. The summed E-state index contributed by atoms with van der Waals surface area (Å²) in [6, 6.07) is 2.08. The standard InChI is InChI=1S/C14H18N4O/c19-14(17-10-4-2-1-3-5-10)18-13-9-16-12-6-7-15-8-11(12)13/h6-10,16H,1-5H2,(H2,17,18,19). The van der Waals surface area contributed by atoms with Crippen LogP contribution < -0.4 is 10.6 Å². The SMILES string of the molecule is O=C(Nc1c[nH]c2ccncc12)NC1CCCCC1. The predicted molar refractivity (Wildman–Crippen MR) is 75.1 cm³/mol. The third-order valence-electron chi connectivity index (χ3n) is 3.67. The van der Waals surface area contributed by atoms with Crippen molar-refractivity contribution in [1.29, 1.82) is 0 Å². The first-order valence-corrected chi connectivity index (χ1v) is 6.81. The van der Waals surface area contributed by atoms with Crippen molar-refractivity contribution in [2.75, 3.05) is 5.32 Å². The Kier molecular flexibility index (Phi) is 3.35. The van der Waals surface area contributed by atoms with Gasteiger partial charge in [0.05, 0.1) is 11.2 Å². The summed E-state index contributed by atoms with van der Waals surface area (Å²) in [5.41, 5.74) is 1.75. The molecule has 2 heterocycles. The fourth-order valence-electron chi connectivity index (χ4n) is 2.66. The van der Waals surface area contributed by atoms with Gasteiger partial charge in [-0.05, 0) is 18.9 Å². The number of hydrogen-bond acceptors (Lipinski definition) is 2. The van der Waals surface area contributed by atoms with E-state index < -0.39 is 0 Å². The van der Waals surface area contributed by atoms with Crippen molar-refractivity contribution in [1.82, 2.24) is 15.3 Å². The molecule has 1 fully saturated rings. The monoisotopic (exact) mass is 258 g/mol. The van der Waals surface area contributed by atoms with Gasteiger partial charge in [-0.1, -0.05) is 19.3 Å². The Labute approximate surface area is 111 Å². The molecule has 0 unspecified atom stereocenters. The molecule has 3 rings (SSSR count). The molecule has 1 aliphatic rings. The number of carbonyl (C=O) groups excluding carboxylic acids is 1. The van der Waals surface area contributed by atoms with Crippen molar-refractivity contribution in [3.63, 3.8) is 0 Å². The van der Waals surface area contributed by atoms with E-state index in [2.05, 4.69) is 20.6 Å². The van der Waals surface area contributed by atoms with Crippen molar-refractivity contribution < 1.29 is 4.79 Å². The van der Waals surface area contributed by atoms with E-state index in [4.69, 9.17) is 0 Å². The number of rotatable bonds is 2. The number of aromatic amines is 1. The molecule has 1 saturated carbocycles. The quantitative estimate of drug-likeness (QED) is 0.775. The molecule has 2 aromatic heterocycles. The van der Waals surface area contributed by atoms with Gasteiger partial charge in [-0.2, -0.15) is 0 Å². The van der Waals surface area contributed by atoms with Crippen LogP contribution in [0.3, 0.4) is 0 Å². The number of H-pyrrole nitrogens is 1. The highest BCUT2D eigenvalue weighted by Crippen LogP contribution is 2.22. The minimum absolute atomic E-state index is 0.128. The van der Waals surface area contributed by atoms with Gasteiger partial charge in [0, 0.05) is 30.0 Å². The zero-order valence-electron chi connectivity index (χ0n) is 10.8. The highest BCUT2D eigenvalue weighted by Gasteiger charge is 2.16. The molecule has 5 nitrogen and oxygen atoms in total. The summed E-state index contributed by atoms with van der Waals surface area (Å²) in [5, 5.41) is 6.86. The molecule has 5 heteroatoms. The normalized spacial score (nSPS) is 16.4. The van der Waals surface area contributed by atoms with E-state index in [1.54, 1.807) is 18.6 Å². The average Bonchev–Trinajstić information content (AvgIpc) is 2.83. The van der Waals surface area contributed by atoms with Crippen LogP contribution in [-0.4, -0.2) is 22.0 Å².